The smallest absolute Gasteiger partial charge is 0.264 e. The lowest BCUT2D eigenvalue weighted by Crippen LogP contribution is -2.48. The van der Waals surface area contributed by atoms with Gasteiger partial charge in [0.05, 0.1) is 23.4 Å². The summed E-state index contributed by atoms with van der Waals surface area (Å²) in [6.45, 7) is 4.83. The fourth-order valence-corrected chi connectivity index (χ4v) is 5.18. The Morgan fingerprint density at radius 3 is 2.31 bits per heavy atom. The van der Waals surface area contributed by atoms with E-state index in [9.17, 15) is 9.18 Å². The van der Waals surface area contributed by atoms with E-state index in [1.807, 2.05) is 42.2 Å². The highest BCUT2D eigenvalue weighted by Gasteiger charge is 2.25. The number of amides is 1. The van der Waals surface area contributed by atoms with Crippen molar-refractivity contribution in [3.05, 3.63) is 71.0 Å². The van der Waals surface area contributed by atoms with E-state index in [4.69, 9.17) is 4.74 Å². The molecule has 1 amide bonds. The van der Waals surface area contributed by atoms with Crippen molar-refractivity contribution in [2.45, 2.75) is 6.92 Å². The predicted octanol–water partition coefficient (Wildman–Crippen LogP) is 4.51. The van der Waals surface area contributed by atoms with Crippen molar-refractivity contribution >= 4 is 33.1 Å². The largest absolute Gasteiger partial charge is 0.497 e. The summed E-state index contributed by atoms with van der Waals surface area (Å²) < 4.78 is 20.3. The van der Waals surface area contributed by atoms with Crippen LogP contribution in [0.25, 0.3) is 15.9 Å². The third kappa shape index (κ3) is 3.71. The van der Waals surface area contributed by atoms with Gasteiger partial charge in [-0.1, -0.05) is 0 Å². The molecule has 0 unspecified atom stereocenters. The number of benzene rings is 2. The second kappa shape index (κ2) is 8.27. The van der Waals surface area contributed by atoms with Gasteiger partial charge >= 0.3 is 0 Å². The van der Waals surface area contributed by atoms with Crippen molar-refractivity contribution < 1.29 is 13.9 Å². The number of anilines is 1. The highest BCUT2D eigenvalue weighted by molar-refractivity contribution is 7.20. The summed E-state index contributed by atoms with van der Waals surface area (Å²) >= 11 is 1.43. The van der Waals surface area contributed by atoms with E-state index < -0.39 is 0 Å². The zero-order valence-electron chi connectivity index (χ0n) is 17.9. The Labute approximate surface area is 189 Å². The quantitative estimate of drug-likeness (QED) is 0.459. The molecular weight excluding hydrogens is 427 g/mol. The highest BCUT2D eigenvalue weighted by Crippen LogP contribution is 2.31. The molecule has 6 nitrogen and oxygen atoms in total. The van der Waals surface area contributed by atoms with Gasteiger partial charge in [0.1, 0.15) is 16.4 Å². The average molecular weight is 451 g/mol. The molecule has 1 aliphatic rings. The summed E-state index contributed by atoms with van der Waals surface area (Å²) in [7, 11) is 1.66. The lowest BCUT2D eigenvalue weighted by molar-refractivity contribution is 0.0751. The van der Waals surface area contributed by atoms with Crippen molar-refractivity contribution in [1.82, 2.24) is 14.7 Å². The van der Waals surface area contributed by atoms with Crippen molar-refractivity contribution in [2.24, 2.45) is 0 Å². The van der Waals surface area contributed by atoms with Crippen LogP contribution in [0.15, 0.2) is 54.6 Å². The van der Waals surface area contributed by atoms with E-state index in [1.165, 1.54) is 23.5 Å². The molecule has 3 heterocycles. The summed E-state index contributed by atoms with van der Waals surface area (Å²) in [6, 6.07) is 16.2. The number of rotatable bonds is 4. The zero-order chi connectivity index (χ0) is 22.2. The van der Waals surface area contributed by atoms with Gasteiger partial charge in [-0.05, 0) is 61.5 Å². The van der Waals surface area contributed by atoms with Crippen molar-refractivity contribution in [3.8, 4) is 11.4 Å². The Balaban J connectivity index is 1.33. The molecule has 8 heteroatoms. The van der Waals surface area contributed by atoms with Crippen LogP contribution in [0.4, 0.5) is 10.1 Å². The number of piperazine rings is 1. The number of methoxy groups -OCH3 is 1. The van der Waals surface area contributed by atoms with Gasteiger partial charge in [-0.2, -0.15) is 5.10 Å². The first-order valence-electron chi connectivity index (χ1n) is 10.5. The number of carbonyl (C=O) groups excluding carboxylic acids is 1. The molecule has 164 valence electrons. The predicted molar refractivity (Wildman–Crippen MR) is 125 cm³/mol. The molecule has 32 heavy (non-hydrogen) atoms. The van der Waals surface area contributed by atoms with E-state index in [1.54, 1.807) is 23.9 Å². The molecule has 0 atom stereocenters. The zero-order valence-corrected chi connectivity index (χ0v) is 18.7. The van der Waals surface area contributed by atoms with Crippen molar-refractivity contribution in [1.29, 1.82) is 0 Å². The number of fused-ring (bicyclic) bond motifs is 1. The van der Waals surface area contributed by atoms with Crippen LogP contribution in [0.5, 0.6) is 5.75 Å². The number of carbonyl (C=O) groups is 1. The average Bonchev–Trinajstić information content (AvgIpc) is 3.40. The summed E-state index contributed by atoms with van der Waals surface area (Å²) in [6.07, 6.45) is 0. The summed E-state index contributed by atoms with van der Waals surface area (Å²) in [5, 5.41) is 5.54. The molecule has 4 aromatic rings. The fourth-order valence-electron chi connectivity index (χ4n) is 4.03. The molecule has 0 bridgehead atoms. The van der Waals surface area contributed by atoms with Gasteiger partial charge in [-0.15, -0.1) is 11.3 Å². The SMILES string of the molecule is COc1ccc(N2CCN(C(=O)c3cc4c(C)nn(-c5ccc(F)cc5)c4s3)CC2)cc1. The van der Waals surface area contributed by atoms with E-state index in [0.29, 0.717) is 18.0 Å². The minimum absolute atomic E-state index is 0.0469. The summed E-state index contributed by atoms with van der Waals surface area (Å²) in [5.74, 6) is 0.595. The fraction of sp³-hybridized carbons (Fsp3) is 0.250. The second-order valence-corrected chi connectivity index (χ2v) is 8.81. The molecule has 1 aliphatic heterocycles. The first-order valence-corrected chi connectivity index (χ1v) is 11.3. The third-order valence-corrected chi connectivity index (χ3v) is 6.93. The summed E-state index contributed by atoms with van der Waals surface area (Å²) in [5.41, 5.74) is 2.76. The number of hydrogen-bond donors (Lipinski definition) is 0. The van der Waals surface area contributed by atoms with E-state index in [-0.39, 0.29) is 11.7 Å². The Morgan fingerprint density at radius 2 is 1.66 bits per heavy atom. The van der Waals surface area contributed by atoms with E-state index >= 15 is 0 Å². The maximum atomic E-state index is 13.3. The lowest BCUT2D eigenvalue weighted by atomic mass is 10.2. The molecule has 0 N–H and O–H groups in total. The van der Waals surface area contributed by atoms with Gasteiger partial charge in [0.15, 0.2) is 0 Å². The van der Waals surface area contributed by atoms with Crippen LogP contribution in [0.3, 0.4) is 0 Å². The van der Waals surface area contributed by atoms with Gasteiger partial charge in [0, 0.05) is 37.3 Å². The molecule has 0 radical (unpaired) electrons. The number of aryl methyl sites for hydroxylation is 1. The Kier molecular flexibility index (Phi) is 5.30. The van der Waals surface area contributed by atoms with Crippen LogP contribution in [-0.4, -0.2) is 53.9 Å². The number of hydrogen-bond acceptors (Lipinski definition) is 5. The normalized spacial score (nSPS) is 14.2. The molecule has 0 saturated carbocycles. The minimum atomic E-state index is -0.287. The molecular formula is C24H23FN4O2S. The monoisotopic (exact) mass is 450 g/mol. The van der Waals surface area contributed by atoms with Crippen LogP contribution < -0.4 is 9.64 Å². The van der Waals surface area contributed by atoms with Crippen LogP contribution in [-0.2, 0) is 0 Å². The highest BCUT2D eigenvalue weighted by atomic mass is 32.1. The minimum Gasteiger partial charge on any atom is -0.497 e. The number of ether oxygens (including phenoxy) is 1. The Hall–Kier alpha value is -3.39. The molecule has 1 fully saturated rings. The van der Waals surface area contributed by atoms with Gasteiger partial charge in [-0.25, -0.2) is 9.07 Å². The van der Waals surface area contributed by atoms with Crippen molar-refractivity contribution in [3.63, 3.8) is 0 Å². The van der Waals surface area contributed by atoms with Gasteiger partial charge in [0.25, 0.3) is 5.91 Å². The molecule has 2 aromatic carbocycles. The standard InChI is InChI=1S/C24H23FN4O2S/c1-16-21-15-22(32-24(21)29(26-16)19-5-3-17(25)4-6-19)23(30)28-13-11-27(12-14-28)18-7-9-20(31-2)10-8-18/h3-10,15H,11-14H2,1-2H3. The topological polar surface area (TPSA) is 50.6 Å². The number of thiophene rings is 1. The summed E-state index contributed by atoms with van der Waals surface area (Å²) in [4.78, 5) is 19.0. The molecule has 0 spiro atoms. The lowest BCUT2D eigenvalue weighted by Gasteiger charge is -2.36. The van der Waals surface area contributed by atoms with Crippen LogP contribution >= 0.6 is 11.3 Å². The third-order valence-electron chi connectivity index (χ3n) is 5.83. The maximum absolute atomic E-state index is 13.3. The molecule has 2 aromatic heterocycles. The van der Waals surface area contributed by atoms with Gasteiger partial charge in [-0.3, -0.25) is 4.79 Å². The molecule has 5 rings (SSSR count). The number of aromatic nitrogens is 2. The van der Waals surface area contributed by atoms with Gasteiger partial charge in [0.2, 0.25) is 0 Å². The first kappa shape index (κ1) is 20.5. The number of halogens is 1. The first-order chi connectivity index (χ1) is 15.5. The Morgan fingerprint density at radius 1 is 1.00 bits per heavy atom. The maximum Gasteiger partial charge on any atom is 0.264 e. The van der Waals surface area contributed by atoms with E-state index in [2.05, 4.69) is 10.00 Å². The Bertz CT molecular complexity index is 1260. The van der Waals surface area contributed by atoms with E-state index in [0.717, 1.165) is 46.1 Å². The van der Waals surface area contributed by atoms with Crippen LogP contribution in [0.1, 0.15) is 15.4 Å². The molecule has 0 aliphatic carbocycles. The van der Waals surface area contributed by atoms with Gasteiger partial charge < -0.3 is 14.5 Å². The van der Waals surface area contributed by atoms with Crippen LogP contribution in [0.2, 0.25) is 0 Å². The van der Waals surface area contributed by atoms with Crippen LogP contribution in [0, 0.1) is 12.7 Å². The number of nitrogens with zero attached hydrogens (tertiary/aromatic N) is 4. The molecule has 1 saturated heterocycles. The second-order valence-electron chi connectivity index (χ2n) is 7.78. The van der Waals surface area contributed by atoms with Crippen molar-refractivity contribution in [2.75, 3.05) is 38.2 Å².